The highest BCUT2D eigenvalue weighted by atomic mass is 35.5. The van der Waals surface area contributed by atoms with Crippen LogP contribution < -0.4 is 20.2 Å². The molecule has 2 aromatic heterocycles. The minimum Gasteiger partial charge on any atom is -0.452 e. The zero-order valence-electron chi connectivity index (χ0n) is 23.3. The summed E-state index contributed by atoms with van der Waals surface area (Å²) in [5.41, 5.74) is 6.94. The maximum atomic E-state index is 7.12. The number of rotatable bonds is 2. The number of para-hydroxylation sites is 2. The second-order valence-corrected chi connectivity index (χ2v) is 11.2. The third-order valence-electron chi connectivity index (χ3n) is 8.78. The van der Waals surface area contributed by atoms with Crippen molar-refractivity contribution in [3.05, 3.63) is 94.1 Å². The van der Waals surface area contributed by atoms with Gasteiger partial charge in [-0.3, -0.25) is 0 Å². The van der Waals surface area contributed by atoms with E-state index in [-0.39, 0.29) is 0 Å². The van der Waals surface area contributed by atoms with Crippen LogP contribution in [0, 0.1) is 6.92 Å². The number of benzene rings is 5. The zero-order valence-corrected chi connectivity index (χ0v) is 24.1. The summed E-state index contributed by atoms with van der Waals surface area (Å²) in [6.07, 6.45) is 0. The van der Waals surface area contributed by atoms with Crippen LogP contribution in [0.3, 0.4) is 0 Å². The Bertz CT molecular complexity index is 2300. The van der Waals surface area contributed by atoms with Gasteiger partial charge in [0.1, 0.15) is 27.1 Å². The number of hydrogen-bond donors (Lipinski definition) is 0. The molecular weight excluding hydrogens is 544 g/mol. The Morgan fingerprint density at radius 1 is 0.595 bits per heavy atom. The fourth-order valence-corrected chi connectivity index (χ4v) is 7.18. The van der Waals surface area contributed by atoms with Crippen molar-refractivity contribution in [1.29, 1.82) is 0 Å². The molecule has 0 saturated carbocycles. The van der Waals surface area contributed by atoms with Crippen LogP contribution in [0.15, 0.2) is 82.8 Å². The highest BCUT2D eigenvalue weighted by Crippen LogP contribution is 2.49. The van der Waals surface area contributed by atoms with Gasteiger partial charge in [-0.1, -0.05) is 48.0 Å². The van der Waals surface area contributed by atoms with E-state index >= 15 is 0 Å². The molecule has 42 heavy (non-hydrogen) atoms. The van der Waals surface area contributed by atoms with Crippen molar-refractivity contribution in [1.82, 2.24) is 9.13 Å². The molecular formula is C35H25ClN4O2. The van der Waals surface area contributed by atoms with Gasteiger partial charge >= 0.3 is 0 Å². The van der Waals surface area contributed by atoms with Gasteiger partial charge in [-0.15, -0.1) is 0 Å². The Balaban J connectivity index is 1.31. The summed E-state index contributed by atoms with van der Waals surface area (Å²) >= 11 is 7.12. The molecule has 6 nitrogen and oxygen atoms in total. The Hall–Kier alpha value is -4.81. The Morgan fingerprint density at radius 3 is 1.64 bits per heavy atom. The average molecular weight is 569 g/mol. The van der Waals surface area contributed by atoms with Crippen LogP contribution in [-0.2, 0) is 13.1 Å². The molecule has 5 aromatic carbocycles. The van der Waals surface area contributed by atoms with Crippen molar-refractivity contribution in [2.45, 2.75) is 33.9 Å². The minimum atomic E-state index is 0.401. The maximum Gasteiger partial charge on any atom is 0.174 e. The lowest BCUT2D eigenvalue weighted by Crippen LogP contribution is -2.24. The zero-order chi connectivity index (χ0) is 28.3. The minimum absolute atomic E-state index is 0.401. The summed E-state index contributed by atoms with van der Waals surface area (Å²) in [6, 6.07) is 25.2. The van der Waals surface area contributed by atoms with E-state index in [1.165, 1.54) is 11.0 Å². The Labute approximate surface area is 245 Å². The number of ether oxygens (including phenoxy) is 2. The summed E-state index contributed by atoms with van der Waals surface area (Å²) in [6.45, 7) is 8.03. The second-order valence-electron chi connectivity index (χ2n) is 10.9. The lowest BCUT2D eigenvalue weighted by molar-refractivity contribution is 0.452. The first-order valence-corrected chi connectivity index (χ1v) is 14.7. The maximum absolute atomic E-state index is 7.12. The molecule has 9 rings (SSSR count). The van der Waals surface area contributed by atoms with E-state index in [4.69, 9.17) is 31.1 Å². The molecule has 0 radical (unpaired) electrons. The molecule has 0 amide bonds. The van der Waals surface area contributed by atoms with E-state index in [1.54, 1.807) is 0 Å². The summed E-state index contributed by atoms with van der Waals surface area (Å²) in [7, 11) is 0. The predicted octanol–water partition coefficient (Wildman–Crippen LogP) is 9.02. The van der Waals surface area contributed by atoms with E-state index < -0.39 is 0 Å². The summed E-state index contributed by atoms with van der Waals surface area (Å²) < 4.78 is 18.1. The lowest BCUT2D eigenvalue weighted by Gasteiger charge is -2.22. The highest BCUT2D eigenvalue weighted by Gasteiger charge is 2.29. The van der Waals surface area contributed by atoms with E-state index in [2.05, 4.69) is 83.6 Å². The van der Waals surface area contributed by atoms with Crippen molar-refractivity contribution < 1.29 is 9.47 Å². The first-order valence-electron chi connectivity index (χ1n) is 14.3. The molecule has 0 bridgehead atoms. The third-order valence-corrected chi connectivity index (χ3v) is 9.13. The molecule has 7 heteroatoms. The molecule has 2 aliphatic heterocycles. The molecule has 204 valence electrons. The number of fused-ring (bicyclic) bond motifs is 12. The van der Waals surface area contributed by atoms with Crippen molar-refractivity contribution in [2.75, 3.05) is 0 Å². The molecule has 0 saturated heterocycles. The van der Waals surface area contributed by atoms with Crippen LogP contribution in [0.2, 0.25) is 5.02 Å². The van der Waals surface area contributed by atoms with Crippen LogP contribution in [0.25, 0.3) is 43.6 Å². The number of nitrogens with zero attached hydrogens (tertiary/aromatic N) is 4. The molecule has 0 atom stereocenters. The van der Waals surface area contributed by atoms with Gasteiger partial charge in [0.25, 0.3) is 0 Å². The average Bonchev–Trinajstić information content (AvgIpc) is 3.54. The van der Waals surface area contributed by atoms with Gasteiger partial charge in [0, 0.05) is 40.5 Å². The monoisotopic (exact) mass is 568 g/mol. The normalized spacial score (nSPS) is 13.2. The smallest absolute Gasteiger partial charge is 0.174 e. The molecule has 0 N–H and O–H groups in total. The van der Waals surface area contributed by atoms with Crippen LogP contribution in [0.4, 0.5) is 11.4 Å². The molecule has 0 unspecified atom stereocenters. The topological polar surface area (TPSA) is 53.0 Å². The first kappa shape index (κ1) is 23.9. The highest BCUT2D eigenvalue weighted by molar-refractivity contribution is 6.32. The molecule has 0 spiro atoms. The van der Waals surface area contributed by atoms with Gasteiger partial charge in [-0.25, -0.2) is 9.98 Å². The predicted molar refractivity (Wildman–Crippen MR) is 168 cm³/mol. The van der Waals surface area contributed by atoms with E-state index in [1.807, 2.05) is 19.1 Å². The fourth-order valence-electron chi connectivity index (χ4n) is 6.92. The van der Waals surface area contributed by atoms with Gasteiger partial charge in [0.15, 0.2) is 23.0 Å². The van der Waals surface area contributed by atoms with E-state index in [9.17, 15) is 0 Å². The lowest BCUT2D eigenvalue weighted by atomic mass is 10.1. The van der Waals surface area contributed by atoms with E-state index in [0.29, 0.717) is 27.2 Å². The van der Waals surface area contributed by atoms with Crippen LogP contribution in [-0.4, -0.2) is 9.13 Å². The molecule has 0 fully saturated rings. The number of hydrogen-bond acceptors (Lipinski definition) is 4. The third kappa shape index (κ3) is 2.90. The van der Waals surface area contributed by atoms with Crippen molar-refractivity contribution in [3.8, 4) is 23.0 Å². The van der Waals surface area contributed by atoms with Crippen LogP contribution in [0.5, 0.6) is 23.0 Å². The van der Waals surface area contributed by atoms with Gasteiger partial charge in [-0.2, -0.15) is 0 Å². The number of aromatic nitrogens is 2. The molecule has 7 aromatic rings. The number of aryl methyl sites for hydroxylation is 2. The van der Waals surface area contributed by atoms with Crippen molar-refractivity contribution in [3.63, 3.8) is 0 Å². The quantitative estimate of drug-likeness (QED) is 0.209. The van der Waals surface area contributed by atoms with Gasteiger partial charge in [0.2, 0.25) is 0 Å². The van der Waals surface area contributed by atoms with Gasteiger partial charge in [-0.05, 0) is 57.2 Å². The van der Waals surface area contributed by atoms with Crippen LogP contribution in [0.1, 0.15) is 19.4 Å². The Morgan fingerprint density at radius 2 is 1.10 bits per heavy atom. The molecule has 2 aliphatic rings. The Kier molecular flexibility index (Phi) is 4.75. The van der Waals surface area contributed by atoms with Crippen LogP contribution >= 0.6 is 11.6 Å². The largest absolute Gasteiger partial charge is 0.452 e. The molecule has 4 heterocycles. The SMILES string of the molecule is CCn1c2ccccc2c2c3c(ccc21)N=c1c(C)c2c(c(Cl)c1O3)=Nc1ccc3c(c1O2)c1ccccc1n3CC. The van der Waals surface area contributed by atoms with Gasteiger partial charge in [0.05, 0.1) is 21.8 Å². The standard InChI is InChI=1S/C35H25ClN4O2/c1-4-39-23-12-8-6-10-19(23)27-25(39)17-15-22-33(27)41-32-18(3)30-35(29(36)31(32)38-22)42-34-21(37-30)14-16-26-28(34)20-11-7-9-13-24(20)40(26)5-2/h6-17H,4-5H2,1-3H3. The fraction of sp³-hybridized carbons (Fsp3) is 0.143. The van der Waals surface area contributed by atoms with Crippen molar-refractivity contribution in [2.24, 2.45) is 9.98 Å². The van der Waals surface area contributed by atoms with Crippen molar-refractivity contribution >= 4 is 66.6 Å². The first-order chi connectivity index (χ1) is 20.6. The van der Waals surface area contributed by atoms with E-state index in [0.717, 1.165) is 74.1 Å². The number of halogens is 1. The summed E-state index contributed by atoms with van der Waals surface area (Å²) in [5.74, 6) is 2.59. The second kappa shape index (κ2) is 8.37. The summed E-state index contributed by atoms with van der Waals surface area (Å²) in [4.78, 5) is 10.2. The molecule has 0 aliphatic carbocycles. The van der Waals surface area contributed by atoms with Gasteiger partial charge < -0.3 is 18.6 Å². The summed E-state index contributed by atoms with van der Waals surface area (Å²) in [5, 5.41) is 6.02.